The predicted molar refractivity (Wildman–Crippen MR) is 187 cm³/mol. The van der Waals surface area contributed by atoms with Crippen molar-refractivity contribution in [3.8, 4) is 0 Å². The summed E-state index contributed by atoms with van der Waals surface area (Å²) in [5.74, 6) is -6.86. The fourth-order valence-corrected chi connectivity index (χ4v) is 4.82. The summed E-state index contributed by atoms with van der Waals surface area (Å²) < 4.78 is 25.8. The number of likely N-dealkylation sites (tertiary alicyclic amines) is 1. The van der Waals surface area contributed by atoms with Crippen molar-refractivity contribution >= 4 is 53.2 Å². The Hall–Kier alpha value is -5.59. The summed E-state index contributed by atoms with van der Waals surface area (Å²) in [6, 6.07) is 8.00. The molecule has 1 aliphatic heterocycles. The largest absolute Gasteiger partial charge is 0.460 e. The van der Waals surface area contributed by atoms with Gasteiger partial charge in [-0.15, -0.1) is 0 Å². The molecule has 1 aliphatic rings. The molecule has 0 aliphatic carbocycles. The zero-order valence-electron chi connectivity index (χ0n) is 32.0. The summed E-state index contributed by atoms with van der Waals surface area (Å²) in [4.78, 5) is 113. The zero-order chi connectivity index (χ0) is 40.8. The highest BCUT2D eigenvalue weighted by Gasteiger charge is 2.34. The van der Waals surface area contributed by atoms with E-state index in [1.165, 1.54) is 4.90 Å². The number of benzene rings is 1. The maximum atomic E-state index is 12.8. The first-order valence-electron chi connectivity index (χ1n) is 18.2. The van der Waals surface area contributed by atoms with Crippen LogP contribution in [-0.2, 0) is 59.2 Å². The molecule has 6 N–H and O–H groups in total. The molecule has 1 aromatic carbocycles. The molecule has 1 heterocycles. The van der Waals surface area contributed by atoms with Crippen LogP contribution in [0, 0.1) is 0 Å². The molecule has 1 fully saturated rings. The van der Waals surface area contributed by atoms with E-state index >= 15 is 0 Å². The molecule has 0 spiro atoms. The third kappa shape index (κ3) is 17.9. The lowest BCUT2D eigenvalue weighted by molar-refractivity contribution is -0.145. The number of esters is 1. The third-order valence-electron chi connectivity index (χ3n) is 7.38. The average Bonchev–Trinajstić information content (AvgIpc) is 3.66. The number of hydrogen-bond donors (Lipinski definition) is 6. The van der Waals surface area contributed by atoms with Crippen LogP contribution in [0.15, 0.2) is 30.3 Å². The Bertz CT molecular complexity index is 1510. The predicted octanol–water partition coefficient (Wildman–Crippen LogP) is -2.92. The maximum Gasteiger partial charge on any atom is 0.325 e. The maximum absolute atomic E-state index is 12.8. The van der Waals surface area contributed by atoms with Gasteiger partial charge in [-0.3, -0.25) is 43.2 Å². The normalized spacial score (nSPS) is 14.1. The van der Waals surface area contributed by atoms with E-state index in [1.807, 2.05) is 30.5 Å². The van der Waals surface area contributed by atoms with E-state index in [4.69, 9.17) is 12.2 Å². The number of amides is 8. The summed E-state index contributed by atoms with van der Waals surface area (Å²) in [5, 5.41) is 13.1. The van der Waals surface area contributed by atoms with E-state index in [0.29, 0.717) is 19.5 Å². The quantitative estimate of drug-likeness (QED) is 0.0619. The molecule has 0 bridgehead atoms. The summed E-state index contributed by atoms with van der Waals surface area (Å²) in [7, 11) is 0. The summed E-state index contributed by atoms with van der Waals surface area (Å²) in [6.45, 7) is -1.60. The number of carbonyl (C=O) groups excluding carboxylic acids is 9. The molecule has 8 amide bonds. The van der Waals surface area contributed by atoms with E-state index < -0.39 is 106 Å². The molecule has 19 heteroatoms. The molecule has 2 rings (SSSR count). The highest BCUT2D eigenvalue weighted by molar-refractivity contribution is 5.94. The number of nitrogens with zero attached hydrogens (tertiary/aromatic N) is 2. The highest BCUT2D eigenvalue weighted by Crippen LogP contribution is 2.17. The minimum absolute atomic E-state index is 0.0387. The number of rotatable bonds is 23. The number of carbonyl (C=O) groups is 9. The van der Waals surface area contributed by atoms with E-state index in [0.717, 1.165) is 18.4 Å². The van der Waals surface area contributed by atoms with Gasteiger partial charge in [-0.1, -0.05) is 44.2 Å². The second-order valence-corrected chi connectivity index (χ2v) is 11.7. The topological polar surface area (TPSA) is 251 Å². The van der Waals surface area contributed by atoms with Crippen molar-refractivity contribution in [3.05, 3.63) is 35.9 Å². The van der Waals surface area contributed by atoms with Crippen LogP contribution >= 0.6 is 0 Å². The van der Waals surface area contributed by atoms with Crippen LogP contribution in [0.4, 0.5) is 0 Å². The van der Waals surface area contributed by atoms with Gasteiger partial charge >= 0.3 is 5.97 Å². The van der Waals surface area contributed by atoms with Gasteiger partial charge in [-0.2, -0.15) is 0 Å². The number of hydrogen-bond acceptors (Lipinski definition) is 11. The summed E-state index contributed by atoms with van der Waals surface area (Å²) in [6.07, 6.45) is 2.23. The molecule has 0 radical (unpaired) electrons. The smallest absolute Gasteiger partial charge is 0.325 e. The van der Waals surface area contributed by atoms with E-state index in [-0.39, 0.29) is 25.5 Å². The van der Waals surface area contributed by atoms with Crippen LogP contribution in [0.2, 0.25) is 0 Å². The lowest BCUT2D eigenvalue weighted by Crippen LogP contribution is -2.51. The first-order chi connectivity index (χ1) is 26.2. The molecular formula is C34H50N8O11. The van der Waals surface area contributed by atoms with Gasteiger partial charge in [0.1, 0.15) is 32.4 Å². The van der Waals surface area contributed by atoms with E-state index in [9.17, 15) is 43.2 Å². The van der Waals surface area contributed by atoms with Crippen LogP contribution in [0.3, 0.4) is 0 Å². The molecule has 0 unspecified atom stereocenters. The molecule has 1 atom stereocenters. The molecule has 53 heavy (non-hydrogen) atoms. The molecule has 1 aromatic rings. The van der Waals surface area contributed by atoms with Crippen LogP contribution in [0.25, 0.3) is 0 Å². The molecule has 0 aromatic heterocycles. The van der Waals surface area contributed by atoms with Crippen molar-refractivity contribution in [2.45, 2.75) is 52.2 Å². The van der Waals surface area contributed by atoms with Crippen LogP contribution in [-0.4, -0.2) is 141 Å². The minimum atomic E-state index is -2.94. The average molecular weight is 749 g/mol. The Kier molecular flexibility index (Phi) is 18.6. The first-order valence-corrected chi connectivity index (χ1v) is 17.2. The minimum Gasteiger partial charge on any atom is -0.460 e. The van der Waals surface area contributed by atoms with Crippen LogP contribution < -0.4 is 31.9 Å². The standard InChI is InChI=1S/C34H50N8O11/c1-3-12-41(13-4-2)32(49)23-52-22-30(47)37-17-26(43)35-15-27(44)38-19-31(48)42-14-8-11-25(42)34(51)40-18-29(46)36-16-28(45)39-20-33(50)53-21-24-9-6-5-7-10-24/h5-7,9-10,25H,3-4,8,11-23H2,1-2H3,(H,35,43)(H,36,46)(H,37,47)(H,38,44)(H,39,45)(H,40,51)/t25-/m0/s1/i17D2. The number of ether oxygens (including phenoxy) is 2. The first kappa shape index (κ1) is 40.2. The van der Waals surface area contributed by atoms with Gasteiger partial charge in [-0.25, -0.2) is 0 Å². The van der Waals surface area contributed by atoms with Gasteiger partial charge in [0.2, 0.25) is 47.3 Å². The van der Waals surface area contributed by atoms with Gasteiger partial charge in [0.05, 0.1) is 35.4 Å². The van der Waals surface area contributed by atoms with Crippen molar-refractivity contribution < 1.29 is 55.4 Å². The van der Waals surface area contributed by atoms with Gasteiger partial charge in [0, 0.05) is 19.6 Å². The SMILES string of the molecule is [2H]C([2H])(NC(=O)COCC(=O)N(CCC)CCC)C(=O)NCC(=O)NCC(=O)N1CCC[C@H]1C(=O)NCC(=O)NCC(=O)NCC(=O)OCc1ccccc1. The Morgan fingerprint density at radius 2 is 1.32 bits per heavy atom. The second kappa shape index (κ2) is 24.6. The third-order valence-corrected chi connectivity index (χ3v) is 7.38. The van der Waals surface area contributed by atoms with Crippen LogP contribution in [0.5, 0.6) is 0 Å². The fraction of sp³-hybridized carbons (Fsp3) is 0.559. The molecule has 1 saturated heterocycles. The molecule has 292 valence electrons. The van der Waals surface area contributed by atoms with Crippen molar-refractivity contribution in [1.82, 2.24) is 41.7 Å². The second-order valence-electron chi connectivity index (χ2n) is 11.7. The van der Waals surface area contributed by atoms with Crippen molar-refractivity contribution in [3.63, 3.8) is 0 Å². The monoisotopic (exact) mass is 748 g/mol. The zero-order valence-corrected chi connectivity index (χ0v) is 30.0. The lowest BCUT2D eigenvalue weighted by atomic mass is 10.2. The van der Waals surface area contributed by atoms with Gasteiger partial charge in [0.25, 0.3) is 0 Å². The lowest BCUT2D eigenvalue weighted by Gasteiger charge is -2.24. The number of nitrogens with one attached hydrogen (secondary N) is 6. The van der Waals surface area contributed by atoms with Crippen molar-refractivity contribution in [2.75, 3.05) is 72.1 Å². The fourth-order valence-electron chi connectivity index (χ4n) is 4.82. The summed E-state index contributed by atoms with van der Waals surface area (Å²) in [5.41, 5.74) is 0.775. The van der Waals surface area contributed by atoms with Crippen LogP contribution in [0.1, 0.15) is 47.8 Å². The molecule has 0 saturated carbocycles. The Balaban J connectivity index is 1.65. The van der Waals surface area contributed by atoms with Gasteiger partial charge < -0.3 is 51.2 Å². The molecular weight excluding hydrogens is 696 g/mol. The highest BCUT2D eigenvalue weighted by atomic mass is 16.5. The Morgan fingerprint density at radius 3 is 1.96 bits per heavy atom. The van der Waals surface area contributed by atoms with E-state index in [1.54, 1.807) is 29.2 Å². The van der Waals surface area contributed by atoms with Gasteiger partial charge in [-0.05, 0) is 31.2 Å². The Labute approximate surface area is 310 Å². The van der Waals surface area contributed by atoms with Crippen molar-refractivity contribution in [2.24, 2.45) is 0 Å². The van der Waals surface area contributed by atoms with Crippen molar-refractivity contribution in [1.29, 1.82) is 0 Å². The molecule has 19 nitrogen and oxygen atoms in total. The van der Waals surface area contributed by atoms with E-state index in [2.05, 4.69) is 21.3 Å². The Morgan fingerprint density at radius 1 is 0.736 bits per heavy atom. The summed E-state index contributed by atoms with van der Waals surface area (Å²) >= 11 is 0. The van der Waals surface area contributed by atoms with Gasteiger partial charge in [0.15, 0.2) is 0 Å².